The molecular weight excluding hydrogens is 409 g/mol. The van der Waals surface area contributed by atoms with Crippen LogP contribution in [-0.2, 0) is 23.8 Å². The molecule has 1 amide bonds. The number of halogens is 3. The first kappa shape index (κ1) is 23.0. The lowest BCUT2D eigenvalue weighted by Crippen LogP contribution is -2.32. The summed E-state index contributed by atoms with van der Waals surface area (Å²) in [4.78, 5) is 13.3. The van der Waals surface area contributed by atoms with E-state index in [0.29, 0.717) is 19.5 Å². The minimum atomic E-state index is -4.34. The van der Waals surface area contributed by atoms with Crippen LogP contribution in [0.25, 0.3) is 6.08 Å². The third-order valence-corrected chi connectivity index (χ3v) is 5.55. The topological polar surface area (TPSA) is 72.8 Å². The fourth-order valence-electron chi connectivity index (χ4n) is 3.99. The molecule has 1 aliphatic carbocycles. The molecule has 166 valence electrons. The number of aliphatic hydroxyl groups is 1. The molecule has 0 fully saturated rings. The van der Waals surface area contributed by atoms with Gasteiger partial charge in [-0.1, -0.05) is 30.3 Å². The summed E-state index contributed by atoms with van der Waals surface area (Å²) >= 11 is 0. The van der Waals surface area contributed by atoms with Gasteiger partial charge >= 0.3 is 6.18 Å². The van der Waals surface area contributed by atoms with E-state index in [1.807, 2.05) is 18.2 Å². The Morgan fingerprint density at radius 3 is 2.55 bits per heavy atom. The zero-order valence-corrected chi connectivity index (χ0v) is 16.9. The van der Waals surface area contributed by atoms with Gasteiger partial charge < -0.3 is 5.11 Å². The van der Waals surface area contributed by atoms with Crippen LogP contribution in [0.15, 0.2) is 48.5 Å². The summed E-state index contributed by atoms with van der Waals surface area (Å²) in [5.41, 5.74) is 4.88. The smallest absolute Gasteiger partial charge is 0.395 e. The number of nitrogens with zero attached hydrogens (tertiary/aromatic N) is 1. The van der Waals surface area contributed by atoms with Crippen molar-refractivity contribution in [1.29, 1.82) is 0 Å². The van der Waals surface area contributed by atoms with Gasteiger partial charge in [0, 0.05) is 25.2 Å². The van der Waals surface area contributed by atoms with Gasteiger partial charge in [0.15, 0.2) is 0 Å². The molecule has 1 atom stereocenters. The van der Waals surface area contributed by atoms with Crippen molar-refractivity contribution in [2.24, 2.45) is 0 Å². The van der Waals surface area contributed by atoms with Crippen LogP contribution in [0.3, 0.4) is 0 Å². The van der Waals surface area contributed by atoms with Gasteiger partial charge in [-0.2, -0.15) is 13.2 Å². The van der Waals surface area contributed by atoms with Crippen LogP contribution < -0.4 is 5.48 Å². The van der Waals surface area contributed by atoms with Crippen LogP contribution in [0.5, 0.6) is 0 Å². The van der Waals surface area contributed by atoms with Crippen molar-refractivity contribution >= 4 is 12.0 Å². The lowest BCUT2D eigenvalue weighted by atomic mass is 10.0. The average molecular weight is 434 g/mol. The third-order valence-electron chi connectivity index (χ3n) is 5.55. The molecule has 0 radical (unpaired) electrons. The molecule has 5 nitrogen and oxygen atoms in total. The number of aliphatic hydroxyl groups excluding tert-OH is 1. The molecule has 0 heterocycles. The average Bonchev–Trinajstić information content (AvgIpc) is 3.17. The summed E-state index contributed by atoms with van der Waals surface area (Å²) in [7, 11) is 0. The number of hydroxylamine groups is 1. The van der Waals surface area contributed by atoms with Crippen LogP contribution in [0.4, 0.5) is 13.2 Å². The molecule has 0 saturated carbocycles. The van der Waals surface area contributed by atoms with E-state index in [9.17, 15) is 23.1 Å². The van der Waals surface area contributed by atoms with Crippen molar-refractivity contribution in [3.63, 3.8) is 0 Å². The highest BCUT2D eigenvalue weighted by molar-refractivity contribution is 5.90. The number of hydrogen-bond acceptors (Lipinski definition) is 4. The van der Waals surface area contributed by atoms with E-state index in [4.69, 9.17) is 5.21 Å². The molecule has 3 rings (SSSR count). The number of alkyl halides is 3. The lowest BCUT2D eigenvalue weighted by molar-refractivity contribution is -0.137. The number of rotatable bonds is 8. The molecule has 0 aliphatic heterocycles. The summed E-state index contributed by atoms with van der Waals surface area (Å²) in [6.45, 7) is 1.09. The number of aryl methyl sites for hydroxylation is 1. The second kappa shape index (κ2) is 10.1. The zero-order valence-electron chi connectivity index (χ0n) is 16.9. The first-order valence-electron chi connectivity index (χ1n) is 10.1. The molecule has 0 saturated heterocycles. The fourth-order valence-corrected chi connectivity index (χ4v) is 3.99. The monoisotopic (exact) mass is 434 g/mol. The number of benzene rings is 2. The largest absolute Gasteiger partial charge is 0.416 e. The maximum Gasteiger partial charge on any atom is 0.416 e. The maximum atomic E-state index is 12.7. The van der Waals surface area contributed by atoms with Crippen LogP contribution >= 0.6 is 0 Å². The minimum absolute atomic E-state index is 0.00403. The van der Waals surface area contributed by atoms with Crippen molar-refractivity contribution in [2.45, 2.75) is 31.5 Å². The van der Waals surface area contributed by atoms with E-state index in [0.717, 1.165) is 47.2 Å². The molecule has 8 heteroatoms. The molecule has 1 unspecified atom stereocenters. The Kier molecular flexibility index (Phi) is 7.48. The highest BCUT2D eigenvalue weighted by Crippen LogP contribution is 2.36. The number of fused-ring (bicyclic) bond motifs is 1. The second-order valence-corrected chi connectivity index (χ2v) is 7.53. The van der Waals surface area contributed by atoms with Gasteiger partial charge in [-0.15, -0.1) is 0 Å². The molecule has 0 spiro atoms. The Balaban J connectivity index is 1.69. The summed E-state index contributed by atoms with van der Waals surface area (Å²) in [5, 5.41) is 18.1. The molecule has 0 bridgehead atoms. The number of hydrogen-bond donors (Lipinski definition) is 3. The Morgan fingerprint density at radius 2 is 1.90 bits per heavy atom. The summed E-state index contributed by atoms with van der Waals surface area (Å²) in [5.74, 6) is -0.601. The highest BCUT2D eigenvalue weighted by Gasteiger charge is 2.30. The SMILES string of the molecule is O=C(/C=C/c1ccc2c(c1)CCC2N(CCO)CCc1ccc(C(F)(F)F)cc1)NO. The minimum Gasteiger partial charge on any atom is -0.395 e. The molecule has 0 aromatic heterocycles. The first-order chi connectivity index (χ1) is 14.8. The van der Waals surface area contributed by atoms with Gasteiger partial charge in [0.1, 0.15) is 0 Å². The van der Waals surface area contributed by atoms with Crippen LogP contribution in [0, 0.1) is 0 Å². The summed E-state index contributed by atoms with van der Waals surface area (Å²) < 4.78 is 38.2. The Morgan fingerprint density at radius 1 is 1.16 bits per heavy atom. The molecular formula is C23H25F3N2O3. The Labute approximate surface area is 178 Å². The predicted octanol–water partition coefficient (Wildman–Crippen LogP) is 3.75. The van der Waals surface area contributed by atoms with E-state index >= 15 is 0 Å². The van der Waals surface area contributed by atoms with Gasteiger partial charge in [0.25, 0.3) is 5.91 Å². The van der Waals surface area contributed by atoms with Crippen molar-refractivity contribution < 1.29 is 28.3 Å². The number of carbonyl (C=O) groups is 1. The Hall–Kier alpha value is -2.68. The Bertz CT molecular complexity index is 927. The van der Waals surface area contributed by atoms with E-state index in [2.05, 4.69) is 4.90 Å². The zero-order chi connectivity index (χ0) is 22.4. The van der Waals surface area contributed by atoms with E-state index < -0.39 is 17.6 Å². The second-order valence-electron chi connectivity index (χ2n) is 7.53. The quantitative estimate of drug-likeness (QED) is 0.336. The molecule has 31 heavy (non-hydrogen) atoms. The molecule has 2 aromatic rings. The van der Waals surface area contributed by atoms with Gasteiger partial charge in [0.2, 0.25) is 0 Å². The first-order valence-corrected chi connectivity index (χ1v) is 10.1. The number of amides is 1. The normalized spacial score (nSPS) is 16.1. The fraction of sp³-hybridized carbons (Fsp3) is 0.348. The predicted molar refractivity (Wildman–Crippen MR) is 110 cm³/mol. The lowest BCUT2D eigenvalue weighted by Gasteiger charge is -2.29. The summed E-state index contributed by atoms with van der Waals surface area (Å²) in [6.07, 6.45) is 0.847. The molecule has 2 aromatic carbocycles. The van der Waals surface area contributed by atoms with E-state index in [1.54, 1.807) is 11.6 Å². The molecule has 3 N–H and O–H groups in total. The van der Waals surface area contributed by atoms with E-state index in [1.165, 1.54) is 18.2 Å². The summed E-state index contributed by atoms with van der Waals surface area (Å²) in [6, 6.07) is 11.2. The number of nitrogens with one attached hydrogen (secondary N) is 1. The standard InChI is InChI=1S/C23H25F3N2O3/c24-23(25,26)19-6-1-16(2-7-19)11-12-28(13-14-29)21-9-5-18-15-17(3-8-20(18)21)4-10-22(30)27-31/h1-4,6-8,10,15,21,29,31H,5,9,11-14H2,(H,27,30)/b10-4+. The number of carbonyl (C=O) groups excluding carboxylic acids is 1. The van der Waals surface area contributed by atoms with Gasteiger partial charge in [0.05, 0.1) is 12.2 Å². The highest BCUT2D eigenvalue weighted by atomic mass is 19.4. The van der Waals surface area contributed by atoms with Crippen molar-refractivity contribution in [3.05, 3.63) is 76.4 Å². The van der Waals surface area contributed by atoms with Gasteiger partial charge in [-0.25, -0.2) is 5.48 Å². The molecule has 1 aliphatic rings. The van der Waals surface area contributed by atoms with Crippen molar-refractivity contribution in [1.82, 2.24) is 10.4 Å². The van der Waals surface area contributed by atoms with Crippen LogP contribution in [0.2, 0.25) is 0 Å². The van der Waals surface area contributed by atoms with Crippen LogP contribution in [-0.4, -0.2) is 40.8 Å². The maximum absolute atomic E-state index is 12.7. The van der Waals surface area contributed by atoms with Crippen molar-refractivity contribution in [3.8, 4) is 0 Å². The van der Waals surface area contributed by atoms with Crippen molar-refractivity contribution in [2.75, 3.05) is 19.7 Å². The van der Waals surface area contributed by atoms with E-state index in [-0.39, 0.29) is 12.6 Å². The van der Waals surface area contributed by atoms with Gasteiger partial charge in [-0.3, -0.25) is 14.9 Å². The third kappa shape index (κ3) is 5.94. The van der Waals surface area contributed by atoms with Crippen LogP contribution in [0.1, 0.15) is 40.3 Å². The van der Waals surface area contributed by atoms with Gasteiger partial charge in [-0.05, 0) is 59.7 Å².